The second-order valence-electron chi connectivity index (χ2n) is 6.47. The molecule has 3 aromatic rings. The predicted molar refractivity (Wildman–Crippen MR) is 99.6 cm³/mol. The third-order valence-corrected chi connectivity index (χ3v) is 4.19. The first kappa shape index (κ1) is 20.4. The van der Waals surface area contributed by atoms with E-state index in [0.717, 1.165) is 6.07 Å². The number of rotatable bonds is 5. The molecule has 0 aliphatic carbocycles. The van der Waals surface area contributed by atoms with Gasteiger partial charge in [0.15, 0.2) is 0 Å². The Hall–Kier alpha value is -3.29. The van der Waals surface area contributed by atoms with Crippen molar-refractivity contribution in [3.05, 3.63) is 89.1 Å². The van der Waals surface area contributed by atoms with E-state index in [1.54, 1.807) is 19.1 Å². The molecule has 2 amide bonds. The fourth-order valence-corrected chi connectivity index (χ4v) is 2.80. The molecule has 3 rings (SSSR count). The monoisotopic (exact) mass is 406 g/mol. The predicted octanol–water partition coefficient (Wildman–Crippen LogP) is 5.98. The maximum Gasteiger partial charge on any atom is 0.418 e. The number of amides is 2. The Morgan fingerprint density at radius 2 is 1.69 bits per heavy atom. The molecule has 0 saturated carbocycles. The second kappa shape index (κ2) is 8.38. The van der Waals surface area contributed by atoms with Gasteiger partial charge < -0.3 is 14.6 Å². The SMILES string of the molecule is Cc1ccc(CN(Cc2ccc(F)cc2)C(=O)Nc2ccccc2C(F)(F)F)o1. The Morgan fingerprint density at radius 1 is 1.00 bits per heavy atom. The van der Waals surface area contributed by atoms with E-state index in [0.29, 0.717) is 17.1 Å². The molecule has 1 heterocycles. The number of alkyl halides is 3. The average molecular weight is 406 g/mol. The van der Waals surface area contributed by atoms with Crippen LogP contribution in [0.3, 0.4) is 0 Å². The van der Waals surface area contributed by atoms with Crippen LogP contribution >= 0.6 is 0 Å². The molecule has 0 fully saturated rings. The van der Waals surface area contributed by atoms with E-state index in [1.807, 2.05) is 0 Å². The number of hydrogen-bond donors (Lipinski definition) is 1. The molecule has 0 unspecified atom stereocenters. The van der Waals surface area contributed by atoms with Crippen LogP contribution in [0.5, 0.6) is 0 Å². The maximum absolute atomic E-state index is 13.2. The lowest BCUT2D eigenvalue weighted by Crippen LogP contribution is -2.34. The van der Waals surface area contributed by atoms with Crippen molar-refractivity contribution in [3.8, 4) is 0 Å². The summed E-state index contributed by atoms with van der Waals surface area (Å²) in [6, 6.07) is 12.9. The zero-order valence-electron chi connectivity index (χ0n) is 15.5. The molecule has 29 heavy (non-hydrogen) atoms. The molecule has 1 N–H and O–H groups in total. The third-order valence-electron chi connectivity index (χ3n) is 4.19. The lowest BCUT2D eigenvalue weighted by molar-refractivity contribution is -0.136. The van der Waals surface area contributed by atoms with E-state index in [9.17, 15) is 22.4 Å². The first-order chi connectivity index (χ1) is 13.7. The van der Waals surface area contributed by atoms with Crippen molar-refractivity contribution in [3.63, 3.8) is 0 Å². The number of hydrogen-bond acceptors (Lipinski definition) is 2. The summed E-state index contributed by atoms with van der Waals surface area (Å²) in [7, 11) is 0. The van der Waals surface area contributed by atoms with Gasteiger partial charge in [-0.25, -0.2) is 9.18 Å². The number of anilines is 1. The summed E-state index contributed by atoms with van der Waals surface area (Å²) in [4.78, 5) is 14.1. The summed E-state index contributed by atoms with van der Waals surface area (Å²) in [5, 5.41) is 2.33. The van der Waals surface area contributed by atoms with Crippen LogP contribution in [-0.4, -0.2) is 10.9 Å². The van der Waals surface area contributed by atoms with Crippen LogP contribution in [0.1, 0.15) is 22.6 Å². The van der Waals surface area contributed by atoms with Crippen LogP contribution in [0, 0.1) is 12.7 Å². The lowest BCUT2D eigenvalue weighted by Gasteiger charge is -2.23. The van der Waals surface area contributed by atoms with Crippen molar-refractivity contribution in [1.29, 1.82) is 0 Å². The van der Waals surface area contributed by atoms with Crippen LogP contribution in [-0.2, 0) is 19.3 Å². The molecule has 1 aromatic heterocycles. The summed E-state index contributed by atoms with van der Waals surface area (Å²) in [6.07, 6.45) is -4.61. The van der Waals surface area contributed by atoms with Crippen molar-refractivity contribution in [1.82, 2.24) is 4.90 Å². The molecule has 2 aromatic carbocycles. The van der Waals surface area contributed by atoms with Gasteiger partial charge in [-0.1, -0.05) is 24.3 Å². The van der Waals surface area contributed by atoms with Gasteiger partial charge in [-0.05, 0) is 48.9 Å². The first-order valence-electron chi connectivity index (χ1n) is 8.74. The van der Waals surface area contributed by atoms with Crippen LogP contribution in [0.15, 0.2) is 65.1 Å². The third kappa shape index (κ3) is 5.37. The molecular formula is C21H18F4N2O2. The Labute approximate surface area is 164 Å². The Balaban J connectivity index is 1.85. The van der Waals surface area contributed by atoms with Gasteiger partial charge in [-0.15, -0.1) is 0 Å². The second-order valence-corrected chi connectivity index (χ2v) is 6.47. The molecule has 8 heteroatoms. The zero-order valence-corrected chi connectivity index (χ0v) is 15.5. The molecule has 0 aliphatic heterocycles. The number of halogens is 4. The van der Waals surface area contributed by atoms with Gasteiger partial charge in [0.2, 0.25) is 0 Å². The van der Waals surface area contributed by atoms with Gasteiger partial charge in [-0.2, -0.15) is 13.2 Å². The highest BCUT2D eigenvalue weighted by Gasteiger charge is 2.34. The largest absolute Gasteiger partial charge is 0.464 e. The fourth-order valence-electron chi connectivity index (χ4n) is 2.80. The molecule has 0 aliphatic rings. The van der Waals surface area contributed by atoms with E-state index in [2.05, 4.69) is 5.32 Å². The summed E-state index contributed by atoms with van der Waals surface area (Å²) in [5.74, 6) is 0.693. The van der Waals surface area contributed by atoms with Crippen LogP contribution in [0.25, 0.3) is 0 Å². The molecule has 0 bridgehead atoms. The van der Waals surface area contributed by atoms with E-state index in [1.165, 1.54) is 47.4 Å². The van der Waals surface area contributed by atoms with Gasteiger partial charge >= 0.3 is 12.2 Å². The van der Waals surface area contributed by atoms with E-state index in [4.69, 9.17) is 4.42 Å². The Bertz CT molecular complexity index is 981. The van der Waals surface area contributed by atoms with E-state index in [-0.39, 0.29) is 18.8 Å². The van der Waals surface area contributed by atoms with Gasteiger partial charge in [0.1, 0.15) is 17.3 Å². The number of aryl methyl sites for hydroxylation is 1. The van der Waals surface area contributed by atoms with E-state index >= 15 is 0 Å². The van der Waals surface area contributed by atoms with Crippen molar-refractivity contribution in [2.24, 2.45) is 0 Å². The minimum atomic E-state index is -4.61. The summed E-state index contributed by atoms with van der Waals surface area (Å²) < 4.78 is 58.3. The number of carbonyl (C=O) groups excluding carboxylic acids is 1. The minimum Gasteiger partial charge on any atom is -0.464 e. The smallest absolute Gasteiger partial charge is 0.418 e. The van der Waals surface area contributed by atoms with Gasteiger partial charge in [0, 0.05) is 6.54 Å². The van der Waals surface area contributed by atoms with Crippen LogP contribution in [0.4, 0.5) is 28.0 Å². The molecule has 0 radical (unpaired) electrons. The fraction of sp³-hybridized carbons (Fsp3) is 0.190. The zero-order chi connectivity index (χ0) is 21.0. The maximum atomic E-state index is 13.2. The number of carbonyl (C=O) groups is 1. The topological polar surface area (TPSA) is 45.5 Å². The van der Waals surface area contributed by atoms with Gasteiger partial charge in [0.25, 0.3) is 0 Å². The number of nitrogens with zero attached hydrogens (tertiary/aromatic N) is 1. The van der Waals surface area contributed by atoms with E-state index < -0.39 is 23.6 Å². The Morgan fingerprint density at radius 3 is 2.31 bits per heavy atom. The normalized spacial score (nSPS) is 11.3. The summed E-state index contributed by atoms with van der Waals surface area (Å²) in [6.45, 7) is 1.83. The highest BCUT2D eigenvalue weighted by molar-refractivity contribution is 5.90. The highest BCUT2D eigenvalue weighted by Crippen LogP contribution is 2.34. The quantitative estimate of drug-likeness (QED) is 0.530. The molecule has 0 spiro atoms. The van der Waals surface area contributed by atoms with Crippen molar-refractivity contribution < 1.29 is 26.8 Å². The number of furan rings is 1. The van der Waals surface area contributed by atoms with Crippen molar-refractivity contribution >= 4 is 11.7 Å². The standard InChI is InChI=1S/C21H18F4N2O2/c1-14-6-11-17(29-14)13-27(12-15-7-9-16(22)10-8-15)20(28)26-19-5-3-2-4-18(19)21(23,24)25/h2-11H,12-13H2,1H3,(H,26,28). The summed E-state index contributed by atoms with van der Waals surface area (Å²) >= 11 is 0. The number of benzene rings is 2. The molecule has 0 saturated heterocycles. The molecule has 4 nitrogen and oxygen atoms in total. The number of urea groups is 1. The summed E-state index contributed by atoms with van der Waals surface area (Å²) in [5.41, 5.74) is -0.664. The van der Waals surface area contributed by atoms with Gasteiger partial charge in [-0.3, -0.25) is 0 Å². The van der Waals surface area contributed by atoms with Crippen LogP contribution < -0.4 is 5.32 Å². The van der Waals surface area contributed by atoms with Crippen LogP contribution in [0.2, 0.25) is 0 Å². The molecular weight excluding hydrogens is 388 g/mol. The van der Waals surface area contributed by atoms with Gasteiger partial charge in [0.05, 0.1) is 17.8 Å². The van der Waals surface area contributed by atoms with Crippen molar-refractivity contribution in [2.75, 3.05) is 5.32 Å². The molecule has 0 atom stereocenters. The Kier molecular flexibility index (Phi) is 5.91. The number of nitrogens with one attached hydrogen (secondary N) is 1. The lowest BCUT2D eigenvalue weighted by atomic mass is 10.1. The first-order valence-corrected chi connectivity index (χ1v) is 8.74. The highest BCUT2D eigenvalue weighted by atomic mass is 19.4. The average Bonchev–Trinajstić information content (AvgIpc) is 3.07. The van der Waals surface area contributed by atoms with Crippen molar-refractivity contribution in [2.45, 2.75) is 26.2 Å². The molecule has 152 valence electrons. The minimum absolute atomic E-state index is 0.0330. The number of para-hydroxylation sites is 1.